The lowest BCUT2D eigenvalue weighted by Crippen LogP contribution is -2.26. The molecule has 1 saturated carbocycles. The van der Waals surface area contributed by atoms with Crippen molar-refractivity contribution in [2.75, 3.05) is 25.0 Å². The molecule has 1 aliphatic heterocycles. The molecule has 2 aliphatic rings. The van der Waals surface area contributed by atoms with Crippen LogP contribution in [0.2, 0.25) is 0 Å². The molecule has 1 fully saturated rings. The van der Waals surface area contributed by atoms with E-state index in [0.29, 0.717) is 29.2 Å². The topological polar surface area (TPSA) is 49.3 Å². The zero-order valence-corrected chi connectivity index (χ0v) is 17.1. The molecule has 2 aromatic carbocycles. The number of amides is 1. The summed E-state index contributed by atoms with van der Waals surface area (Å²) in [7, 11) is 1.81. The third kappa shape index (κ3) is 2.95. The minimum absolute atomic E-state index is 0.00724. The number of hydrogen-bond acceptors (Lipinski definition) is 4. The second-order valence-electron chi connectivity index (χ2n) is 8.17. The van der Waals surface area contributed by atoms with Crippen LogP contribution in [0.25, 0.3) is 11.1 Å². The molecule has 1 amide bonds. The molecule has 0 saturated heterocycles. The third-order valence-electron chi connectivity index (χ3n) is 6.31. The zero-order chi connectivity index (χ0) is 20.9. The van der Waals surface area contributed by atoms with Gasteiger partial charge in [0.2, 0.25) is 5.95 Å². The van der Waals surface area contributed by atoms with E-state index in [1.54, 1.807) is 42.5 Å². The summed E-state index contributed by atoms with van der Waals surface area (Å²) in [5.74, 6) is 0.293. The Hall–Kier alpha value is -3.28. The first-order valence-electron chi connectivity index (χ1n) is 10.3. The van der Waals surface area contributed by atoms with Gasteiger partial charge in [-0.05, 0) is 43.5 Å². The first-order valence-corrected chi connectivity index (χ1v) is 10.3. The summed E-state index contributed by atoms with van der Waals surface area (Å²) in [6, 6.07) is 12.6. The van der Waals surface area contributed by atoms with Crippen LogP contribution < -0.4 is 4.90 Å². The van der Waals surface area contributed by atoms with Gasteiger partial charge >= 0.3 is 0 Å². The Morgan fingerprint density at radius 1 is 1.17 bits per heavy atom. The van der Waals surface area contributed by atoms with E-state index in [9.17, 15) is 9.18 Å². The standard InChI is InChI=1S/C24H23FN4O/c1-3-28(2)22(30)16-8-9-19-21(12-16)29(15-24(19)10-11-24)23-26-13-17(14-27-23)18-6-4-5-7-20(18)25/h4-9,12-14H,3,10-11,15H2,1-2H3. The smallest absolute Gasteiger partial charge is 0.253 e. The molecule has 0 N–H and O–H groups in total. The lowest BCUT2D eigenvalue weighted by Gasteiger charge is -2.19. The molecule has 152 valence electrons. The van der Waals surface area contributed by atoms with Gasteiger partial charge < -0.3 is 9.80 Å². The van der Waals surface area contributed by atoms with Gasteiger partial charge in [-0.2, -0.15) is 0 Å². The second kappa shape index (κ2) is 6.90. The van der Waals surface area contributed by atoms with Crippen LogP contribution in [0.4, 0.5) is 16.0 Å². The van der Waals surface area contributed by atoms with Gasteiger partial charge in [-0.3, -0.25) is 4.79 Å². The fourth-order valence-corrected chi connectivity index (χ4v) is 4.23. The molecule has 2 heterocycles. The predicted molar refractivity (Wildman–Crippen MR) is 114 cm³/mol. The Kier molecular flexibility index (Phi) is 4.31. The number of hydrogen-bond donors (Lipinski definition) is 0. The van der Waals surface area contributed by atoms with Crippen molar-refractivity contribution in [2.45, 2.75) is 25.2 Å². The molecule has 0 unspecified atom stereocenters. The van der Waals surface area contributed by atoms with E-state index in [2.05, 4.69) is 20.9 Å². The summed E-state index contributed by atoms with van der Waals surface area (Å²) in [5, 5.41) is 0. The molecule has 5 nitrogen and oxygen atoms in total. The molecule has 1 aromatic heterocycles. The van der Waals surface area contributed by atoms with Gasteiger partial charge in [-0.1, -0.05) is 24.3 Å². The van der Waals surface area contributed by atoms with Gasteiger partial charge in [-0.15, -0.1) is 0 Å². The number of fused-ring (bicyclic) bond motifs is 2. The van der Waals surface area contributed by atoms with Crippen LogP contribution in [0.1, 0.15) is 35.7 Å². The second-order valence-corrected chi connectivity index (χ2v) is 8.17. The number of aromatic nitrogens is 2. The fraction of sp³-hybridized carbons (Fsp3) is 0.292. The van der Waals surface area contributed by atoms with Crippen LogP contribution in [0.15, 0.2) is 54.9 Å². The van der Waals surface area contributed by atoms with Crippen molar-refractivity contribution in [3.63, 3.8) is 0 Å². The van der Waals surface area contributed by atoms with Crippen molar-refractivity contribution >= 4 is 17.5 Å². The number of benzene rings is 2. The summed E-state index contributed by atoms with van der Waals surface area (Å²) >= 11 is 0. The average Bonchev–Trinajstić information content (AvgIpc) is 3.49. The molecular weight excluding hydrogens is 379 g/mol. The highest BCUT2D eigenvalue weighted by Crippen LogP contribution is 2.57. The van der Waals surface area contributed by atoms with Crippen LogP contribution in [-0.4, -0.2) is 40.9 Å². The Morgan fingerprint density at radius 2 is 1.90 bits per heavy atom. The van der Waals surface area contributed by atoms with Crippen LogP contribution in [-0.2, 0) is 5.41 Å². The molecule has 6 heteroatoms. The highest BCUT2D eigenvalue weighted by molar-refractivity contribution is 5.96. The number of rotatable bonds is 4. The van der Waals surface area contributed by atoms with Crippen LogP contribution in [0.3, 0.4) is 0 Å². The maximum Gasteiger partial charge on any atom is 0.253 e. The van der Waals surface area contributed by atoms with Crippen molar-refractivity contribution in [2.24, 2.45) is 0 Å². The van der Waals surface area contributed by atoms with E-state index < -0.39 is 0 Å². The minimum Gasteiger partial charge on any atom is -0.342 e. The largest absolute Gasteiger partial charge is 0.342 e. The maximum atomic E-state index is 14.1. The first-order chi connectivity index (χ1) is 14.5. The number of anilines is 2. The van der Waals surface area contributed by atoms with Gasteiger partial charge in [0, 0.05) is 60.3 Å². The van der Waals surface area contributed by atoms with Crippen molar-refractivity contribution < 1.29 is 9.18 Å². The summed E-state index contributed by atoms with van der Waals surface area (Å²) in [5.41, 5.74) is 4.21. The molecule has 1 aliphatic carbocycles. The molecular formula is C24H23FN4O. The molecule has 0 atom stereocenters. The summed E-state index contributed by atoms with van der Waals surface area (Å²) in [4.78, 5) is 25.6. The average molecular weight is 402 g/mol. The number of carbonyl (C=O) groups excluding carboxylic acids is 1. The molecule has 0 bridgehead atoms. The fourth-order valence-electron chi connectivity index (χ4n) is 4.23. The molecule has 5 rings (SSSR count). The van der Waals surface area contributed by atoms with Gasteiger partial charge in [0.05, 0.1) is 0 Å². The monoisotopic (exact) mass is 402 g/mol. The van der Waals surface area contributed by atoms with Crippen LogP contribution in [0, 0.1) is 5.82 Å². The Morgan fingerprint density at radius 3 is 2.57 bits per heavy atom. The summed E-state index contributed by atoms with van der Waals surface area (Å²) < 4.78 is 14.1. The SMILES string of the molecule is CCN(C)C(=O)c1ccc2c(c1)N(c1ncc(-c3ccccc3F)cn1)CC21CC1. The van der Waals surface area contributed by atoms with Crippen molar-refractivity contribution in [3.8, 4) is 11.1 Å². The maximum absolute atomic E-state index is 14.1. The zero-order valence-electron chi connectivity index (χ0n) is 17.1. The van der Waals surface area contributed by atoms with E-state index in [4.69, 9.17) is 0 Å². The molecule has 30 heavy (non-hydrogen) atoms. The lowest BCUT2D eigenvalue weighted by atomic mass is 9.97. The highest BCUT2D eigenvalue weighted by atomic mass is 19.1. The van der Waals surface area contributed by atoms with Crippen LogP contribution in [0.5, 0.6) is 0 Å². The van der Waals surface area contributed by atoms with Gasteiger partial charge in [0.25, 0.3) is 5.91 Å². The summed E-state index contributed by atoms with van der Waals surface area (Å²) in [6.45, 7) is 3.43. The molecule has 3 aromatic rings. The Labute approximate surface area is 175 Å². The van der Waals surface area contributed by atoms with Crippen molar-refractivity contribution in [3.05, 3.63) is 71.8 Å². The number of nitrogens with zero attached hydrogens (tertiary/aromatic N) is 4. The normalized spacial score (nSPS) is 15.9. The van der Waals surface area contributed by atoms with Crippen LogP contribution >= 0.6 is 0 Å². The Balaban J connectivity index is 1.51. The molecule has 0 radical (unpaired) electrons. The van der Waals surface area contributed by atoms with E-state index in [1.807, 2.05) is 19.1 Å². The lowest BCUT2D eigenvalue weighted by molar-refractivity contribution is 0.0802. The predicted octanol–water partition coefficient (Wildman–Crippen LogP) is 4.56. The van der Waals surface area contributed by atoms with Gasteiger partial charge in [0.1, 0.15) is 5.82 Å². The van der Waals surface area contributed by atoms with E-state index in [1.165, 1.54) is 11.6 Å². The summed E-state index contributed by atoms with van der Waals surface area (Å²) in [6.07, 6.45) is 5.59. The minimum atomic E-state index is -0.291. The molecule has 1 spiro atoms. The van der Waals surface area contributed by atoms with Gasteiger partial charge in [-0.25, -0.2) is 14.4 Å². The first kappa shape index (κ1) is 18.7. The van der Waals surface area contributed by atoms with E-state index in [-0.39, 0.29) is 17.1 Å². The van der Waals surface area contributed by atoms with E-state index >= 15 is 0 Å². The van der Waals surface area contributed by atoms with Crippen molar-refractivity contribution in [1.82, 2.24) is 14.9 Å². The Bertz CT molecular complexity index is 1120. The van der Waals surface area contributed by atoms with Gasteiger partial charge in [0.15, 0.2) is 0 Å². The third-order valence-corrected chi connectivity index (χ3v) is 6.31. The number of halogens is 1. The van der Waals surface area contributed by atoms with E-state index in [0.717, 1.165) is 25.1 Å². The number of carbonyl (C=O) groups is 1. The quantitative estimate of drug-likeness (QED) is 0.642. The van der Waals surface area contributed by atoms with Crippen molar-refractivity contribution in [1.29, 1.82) is 0 Å². The highest BCUT2D eigenvalue weighted by Gasteiger charge is 2.52.